The number of ether oxygens (including phenoxy) is 1. The van der Waals surface area contributed by atoms with Crippen molar-refractivity contribution in [1.29, 1.82) is 0 Å². The summed E-state index contributed by atoms with van der Waals surface area (Å²) in [6, 6.07) is 12.4. The van der Waals surface area contributed by atoms with Crippen molar-refractivity contribution >= 4 is 21.6 Å². The molecule has 110 valence electrons. The monoisotopic (exact) mass is 350 g/mol. The standard InChI is InChI=1S/C15H15BrN2O3/c1-10(17-2)11-3-5-14(6-4-11)21-15-8-12(16)7-13(9-15)18(19)20/h3-10,17H,1-2H3. The fourth-order valence-corrected chi connectivity index (χ4v) is 2.30. The van der Waals surface area contributed by atoms with Gasteiger partial charge < -0.3 is 10.1 Å². The Kier molecular flexibility index (Phi) is 4.93. The summed E-state index contributed by atoms with van der Waals surface area (Å²) in [7, 11) is 1.90. The second-order valence-corrected chi connectivity index (χ2v) is 5.50. The molecule has 0 spiro atoms. The Hall–Kier alpha value is -1.92. The van der Waals surface area contributed by atoms with Crippen molar-refractivity contribution in [3.05, 3.63) is 62.6 Å². The second-order valence-electron chi connectivity index (χ2n) is 4.58. The second kappa shape index (κ2) is 6.69. The van der Waals surface area contributed by atoms with Crippen LogP contribution in [0, 0.1) is 10.1 Å². The van der Waals surface area contributed by atoms with Crippen molar-refractivity contribution in [2.24, 2.45) is 0 Å². The number of benzene rings is 2. The maximum Gasteiger partial charge on any atom is 0.274 e. The summed E-state index contributed by atoms with van der Waals surface area (Å²) in [5.74, 6) is 1.06. The summed E-state index contributed by atoms with van der Waals surface area (Å²) in [4.78, 5) is 10.4. The molecule has 1 unspecified atom stereocenters. The third kappa shape index (κ3) is 4.03. The first kappa shape index (κ1) is 15.5. The molecule has 5 nitrogen and oxygen atoms in total. The number of hydrogen-bond acceptors (Lipinski definition) is 4. The number of nitro groups is 1. The van der Waals surface area contributed by atoms with Crippen LogP contribution < -0.4 is 10.1 Å². The fourth-order valence-electron chi connectivity index (χ4n) is 1.84. The number of hydrogen-bond donors (Lipinski definition) is 1. The Morgan fingerprint density at radius 1 is 1.19 bits per heavy atom. The van der Waals surface area contributed by atoms with Crippen LogP contribution in [0.2, 0.25) is 0 Å². The molecule has 0 heterocycles. The molecule has 0 aromatic heterocycles. The predicted molar refractivity (Wildman–Crippen MR) is 84.8 cm³/mol. The van der Waals surface area contributed by atoms with Gasteiger partial charge in [0.25, 0.3) is 5.69 Å². The van der Waals surface area contributed by atoms with Crippen LogP contribution in [0.5, 0.6) is 11.5 Å². The first-order valence-corrected chi connectivity index (χ1v) is 7.19. The number of nitrogens with one attached hydrogen (secondary N) is 1. The highest BCUT2D eigenvalue weighted by Crippen LogP contribution is 2.30. The van der Waals surface area contributed by atoms with E-state index in [4.69, 9.17) is 4.74 Å². The lowest BCUT2D eigenvalue weighted by Gasteiger charge is -2.11. The van der Waals surface area contributed by atoms with Gasteiger partial charge in [0.15, 0.2) is 0 Å². The van der Waals surface area contributed by atoms with Gasteiger partial charge in [-0.3, -0.25) is 10.1 Å². The number of nitrogens with zero attached hydrogens (tertiary/aromatic N) is 1. The van der Waals surface area contributed by atoms with Gasteiger partial charge in [0.05, 0.1) is 11.0 Å². The van der Waals surface area contributed by atoms with Gasteiger partial charge in [0.2, 0.25) is 0 Å². The Balaban J connectivity index is 2.20. The molecule has 0 radical (unpaired) electrons. The Labute approximate surface area is 131 Å². The SMILES string of the molecule is CNC(C)c1ccc(Oc2cc(Br)cc([N+](=O)[O-])c2)cc1. The van der Waals surface area contributed by atoms with E-state index in [9.17, 15) is 10.1 Å². The quantitative estimate of drug-likeness (QED) is 0.639. The number of nitro benzene ring substituents is 1. The van der Waals surface area contributed by atoms with Gasteiger partial charge in [0.1, 0.15) is 11.5 Å². The normalized spacial score (nSPS) is 12.0. The van der Waals surface area contributed by atoms with Crippen molar-refractivity contribution < 1.29 is 9.66 Å². The molecule has 1 N–H and O–H groups in total. The zero-order valence-corrected chi connectivity index (χ0v) is 13.3. The predicted octanol–water partition coefficient (Wildman–Crippen LogP) is 4.43. The van der Waals surface area contributed by atoms with E-state index in [1.165, 1.54) is 12.1 Å². The largest absolute Gasteiger partial charge is 0.457 e. The summed E-state index contributed by atoms with van der Waals surface area (Å²) in [6.45, 7) is 2.06. The van der Waals surface area contributed by atoms with Gasteiger partial charge in [-0.1, -0.05) is 28.1 Å². The molecule has 2 rings (SSSR count). The molecule has 0 amide bonds. The van der Waals surface area contributed by atoms with E-state index in [1.807, 2.05) is 31.3 Å². The summed E-state index contributed by atoms with van der Waals surface area (Å²) >= 11 is 3.24. The minimum absolute atomic E-state index is 0.0141. The molecule has 0 aliphatic heterocycles. The summed E-state index contributed by atoms with van der Waals surface area (Å²) < 4.78 is 6.27. The van der Waals surface area contributed by atoms with Crippen LogP contribution in [0.1, 0.15) is 18.5 Å². The average molecular weight is 351 g/mol. The first-order valence-electron chi connectivity index (χ1n) is 6.39. The highest BCUT2D eigenvalue weighted by molar-refractivity contribution is 9.10. The van der Waals surface area contributed by atoms with E-state index in [0.29, 0.717) is 16.0 Å². The average Bonchev–Trinajstić information content (AvgIpc) is 2.46. The van der Waals surface area contributed by atoms with Crippen LogP contribution in [0.3, 0.4) is 0 Å². The third-order valence-corrected chi connectivity index (χ3v) is 3.57. The smallest absolute Gasteiger partial charge is 0.274 e. The molecule has 2 aromatic carbocycles. The highest BCUT2D eigenvalue weighted by Gasteiger charge is 2.10. The molecule has 0 fully saturated rings. The Morgan fingerprint density at radius 2 is 1.86 bits per heavy atom. The molecule has 0 saturated carbocycles. The summed E-state index contributed by atoms with van der Waals surface area (Å²) in [6.07, 6.45) is 0. The van der Waals surface area contributed by atoms with Crippen molar-refractivity contribution in [3.63, 3.8) is 0 Å². The molecule has 21 heavy (non-hydrogen) atoms. The minimum atomic E-state index is -0.449. The maximum absolute atomic E-state index is 10.8. The fraction of sp³-hybridized carbons (Fsp3) is 0.200. The van der Waals surface area contributed by atoms with Crippen LogP contribution in [0.4, 0.5) is 5.69 Å². The van der Waals surface area contributed by atoms with E-state index in [2.05, 4.69) is 28.2 Å². The summed E-state index contributed by atoms with van der Waals surface area (Å²) in [5, 5.41) is 14.0. The van der Waals surface area contributed by atoms with Crippen LogP contribution in [0.25, 0.3) is 0 Å². The molecule has 6 heteroatoms. The zero-order valence-electron chi connectivity index (χ0n) is 11.7. The lowest BCUT2D eigenvalue weighted by atomic mass is 10.1. The minimum Gasteiger partial charge on any atom is -0.457 e. The highest BCUT2D eigenvalue weighted by atomic mass is 79.9. The van der Waals surface area contributed by atoms with Crippen LogP contribution in [-0.2, 0) is 0 Å². The van der Waals surface area contributed by atoms with E-state index < -0.39 is 4.92 Å². The van der Waals surface area contributed by atoms with Gasteiger partial charge in [-0.15, -0.1) is 0 Å². The van der Waals surface area contributed by atoms with E-state index >= 15 is 0 Å². The number of non-ortho nitro benzene ring substituents is 1. The molecule has 0 bridgehead atoms. The van der Waals surface area contributed by atoms with Crippen molar-refractivity contribution in [1.82, 2.24) is 5.32 Å². The van der Waals surface area contributed by atoms with Crippen LogP contribution >= 0.6 is 15.9 Å². The molecular formula is C15H15BrN2O3. The topological polar surface area (TPSA) is 64.4 Å². The van der Waals surface area contributed by atoms with E-state index in [1.54, 1.807) is 6.07 Å². The van der Waals surface area contributed by atoms with Gasteiger partial charge in [-0.2, -0.15) is 0 Å². The third-order valence-electron chi connectivity index (χ3n) is 3.12. The molecule has 0 aliphatic carbocycles. The Bertz CT molecular complexity index is 644. The van der Waals surface area contributed by atoms with E-state index in [-0.39, 0.29) is 11.7 Å². The van der Waals surface area contributed by atoms with Crippen LogP contribution in [0.15, 0.2) is 46.9 Å². The first-order chi connectivity index (χ1) is 9.99. The van der Waals surface area contributed by atoms with Gasteiger partial charge in [0, 0.05) is 16.6 Å². The zero-order chi connectivity index (χ0) is 15.4. The van der Waals surface area contributed by atoms with Crippen LogP contribution in [-0.4, -0.2) is 12.0 Å². The molecule has 0 saturated heterocycles. The lowest BCUT2D eigenvalue weighted by Crippen LogP contribution is -2.11. The molecular weight excluding hydrogens is 336 g/mol. The number of halogens is 1. The molecule has 1 atom stereocenters. The van der Waals surface area contributed by atoms with Gasteiger partial charge in [-0.05, 0) is 37.7 Å². The Morgan fingerprint density at radius 3 is 2.43 bits per heavy atom. The van der Waals surface area contributed by atoms with Gasteiger partial charge >= 0.3 is 0 Å². The number of rotatable bonds is 5. The lowest BCUT2D eigenvalue weighted by molar-refractivity contribution is -0.385. The van der Waals surface area contributed by atoms with Gasteiger partial charge in [-0.25, -0.2) is 0 Å². The maximum atomic E-state index is 10.8. The molecule has 0 aliphatic rings. The van der Waals surface area contributed by atoms with Crippen molar-refractivity contribution in [2.75, 3.05) is 7.05 Å². The molecule has 2 aromatic rings. The summed E-state index contributed by atoms with van der Waals surface area (Å²) in [5.41, 5.74) is 1.13. The van der Waals surface area contributed by atoms with E-state index in [0.717, 1.165) is 5.56 Å². The van der Waals surface area contributed by atoms with Crippen molar-refractivity contribution in [3.8, 4) is 11.5 Å². The van der Waals surface area contributed by atoms with Crippen molar-refractivity contribution in [2.45, 2.75) is 13.0 Å².